The summed E-state index contributed by atoms with van der Waals surface area (Å²) in [5.74, 6) is 1.28. The van der Waals surface area contributed by atoms with Gasteiger partial charge in [-0.15, -0.1) is 0 Å². The SMILES string of the molecule is CCCCCc1cc(CC2CC(c3cc(C(C)C)c(O)cc3O)=NNC2=S)ccc1OC. The Kier molecular flexibility index (Phi) is 8.13. The second-order valence-electron chi connectivity index (χ2n) is 8.83. The van der Waals surface area contributed by atoms with Crippen molar-refractivity contribution in [3.8, 4) is 17.2 Å². The molecule has 1 unspecified atom stereocenters. The number of phenols is 2. The van der Waals surface area contributed by atoms with Crippen LogP contribution in [0.4, 0.5) is 0 Å². The van der Waals surface area contributed by atoms with Crippen LogP contribution in [0, 0.1) is 5.92 Å². The van der Waals surface area contributed by atoms with Crippen LogP contribution in [-0.4, -0.2) is 28.0 Å². The predicted molar refractivity (Wildman–Crippen MR) is 134 cm³/mol. The van der Waals surface area contributed by atoms with Gasteiger partial charge in [-0.1, -0.05) is 58.0 Å². The zero-order valence-electron chi connectivity index (χ0n) is 19.4. The van der Waals surface area contributed by atoms with Crippen LogP contribution in [0.3, 0.4) is 0 Å². The van der Waals surface area contributed by atoms with Crippen LogP contribution in [0.2, 0.25) is 0 Å². The molecule has 2 aromatic rings. The molecule has 3 N–H and O–H groups in total. The number of methoxy groups -OCH3 is 1. The van der Waals surface area contributed by atoms with Crippen molar-refractivity contribution in [2.24, 2.45) is 11.0 Å². The number of ether oxygens (including phenoxy) is 1. The summed E-state index contributed by atoms with van der Waals surface area (Å²) in [6, 6.07) is 9.62. The van der Waals surface area contributed by atoms with Crippen molar-refractivity contribution in [2.75, 3.05) is 7.11 Å². The molecule has 0 amide bonds. The fraction of sp³-hybridized carbons (Fsp3) is 0.462. The van der Waals surface area contributed by atoms with E-state index in [1.165, 1.54) is 30.0 Å². The lowest BCUT2D eigenvalue weighted by Crippen LogP contribution is -2.34. The molecule has 1 aliphatic heterocycles. The second-order valence-corrected chi connectivity index (χ2v) is 9.27. The summed E-state index contributed by atoms with van der Waals surface area (Å²) < 4.78 is 5.56. The molecule has 0 saturated carbocycles. The number of nitrogens with zero attached hydrogens (tertiary/aromatic N) is 1. The van der Waals surface area contributed by atoms with E-state index in [1.54, 1.807) is 7.11 Å². The van der Waals surface area contributed by atoms with Gasteiger partial charge in [0, 0.05) is 24.0 Å². The van der Waals surface area contributed by atoms with E-state index in [4.69, 9.17) is 17.0 Å². The van der Waals surface area contributed by atoms with E-state index in [0.717, 1.165) is 36.3 Å². The number of unbranched alkanes of at least 4 members (excludes halogenated alkanes) is 2. The number of benzene rings is 2. The van der Waals surface area contributed by atoms with Crippen molar-refractivity contribution in [3.05, 3.63) is 52.6 Å². The van der Waals surface area contributed by atoms with Crippen LogP contribution in [0.5, 0.6) is 17.2 Å². The molecule has 0 fully saturated rings. The predicted octanol–water partition coefficient (Wildman–Crippen LogP) is 5.85. The zero-order valence-corrected chi connectivity index (χ0v) is 20.3. The van der Waals surface area contributed by atoms with Gasteiger partial charge in [-0.25, -0.2) is 0 Å². The highest BCUT2D eigenvalue weighted by Crippen LogP contribution is 2.34. The summed E-state index contributed by atoms with van der Waals surface area (Å²) in [5, 5.41) is 25.1. The molecule has 3 rings (SSSR count). The van der Waals surface area contributed by atoms with Crippen LogP contribution < -0.4 is 10.2 Å². The summed E-state index contributed by atoms with van der Waals surface area (Å²) >= 11 is 5.57. The standard InChI is InChI=1S/C26H34N2O3S/c1-5-6-7-8-18-11-17(9-10-25(18)31-4)12-19-13-22(27-28-26(19)32)21-14-20(16(2)3)23(29)15-24(21)30/h9-11,14-16,19,29-30H,5-8,12-13H2,1-4H3,(H,28,32). The van der Waals surface area contributed by atoms with Gasteiger partial charge in [-0.3, -0.25) is 5.43 Å². The number of hydrogen-bond acceptors (Lipinski definition) is 5. The van der Waals surface area contributed by atoms with Crippen LogP contribution in [0.1, 0.15) is 74.6 Å². The summed E-state index contributed by atoms with van der Waals surface area (Å²) in [6.07, 6.45) is 5.95. The number of thiocarbonyl (C=S) groups is 1. The molecule has 0 bridgehead atoms. The van der Waals surface area contributed by atoms with Crippen LogP contribution in [0.25, 0.3) is 0 Å². The van der Waals surface area contributed by atoms with Gasteiger partial charge in [-0.05, 0) is 54.0 Å². The molecule has 0 saturated heterocycles. The summed E-state index contributed by atoms with van der Waals surface area (Å²) in [4.78, 5) is 0.708. The highest BCUT2D eigenvalue weighted by molar-refractivity contribution is 7.80. The molecular weight excluding hydrogens is 420 g/mol. The Bertz CT molecular complexity index is 1000. The number of aryl methyl sites for hydroxylation is 1. The van der Waals surface area contributed by atoms with E-state index in [0.29, 0.717) is 17.0 Å². The molecule has 0 aromatic heterocycles. The van der Waals surface area contributed by atoms with Gasteiger partial charge < -0.3 is 14.9 Å². The van der Waals surface area contributed by atoms with Crippen molar-refractivity contribution in [1.29, 1.82) is 0 Å². The Balaban J connectivity index is 1.81. The lowest BCUT2D eigenvalue weighted by Gasteiger charge is -2.25. The van der Waals surface area contributed by atoms with Crippen molar-refractivity contribution in [2.45, 2.75) is 65.2 Å². The fourth-order valence-electron chi connectivity index (χ4n) is 4.21. The van der Waals surface area contributed by atoms with Gasteiger partial charge >= 0.3 is 0 Å². The lowest BCUT2D eigenvalue weighted by atomic mass is 9.88. The van der Waals surface area contributed by atoms with E-state index in [2.05, 4.69) is 29.6 Å². The average molecular weight is 455 g/mol. The van der Waals surface area contributed by atoms with Gasteiger partial charge in [0.1, 0.15) is 17.2 Å². The molecule has 172 valence electrons. The summed E-state index contributed by atoms with van der Waals surface area (Å²) in [6.45, 7) is 6.23. The lowest BCUT2D eigenvalue weighted by molar-refractivity contribution is 0.408. The fourth-order valence-corrected chi connectivity index (χ4v) is 4.42. The van der Waals surface area contributed by atoms with Crippen molar-refractivity contribution >= 4 is 22.9 Å². The minimum atomic E-state index is 0.0293. The Hall–Kier alpha value is -2.60. The van der Waals surface area contributed by atoms with Crippen LogP contribution in [0.15, 0.2) is 35.4 Å². The third-order valence-corrected chi connectivity index (χ3v) is 6.49. The van der Waals surface area contributed by atoms with E-state index >= 15 is 0 Å². The first-order valence-corrected chi connectivity index (χ1v) is 11.8. The maximum absolute atomic E-state index is 10.5. The minimum absolute atomic E-state index is 0.0293. The number of nitrogens with one attached hydrogen (secondary N) is 1. The summed E-state index contributed by atoms with van der Waals surface area (Å²) in [5.41, 5.74) is 7.62. The van der Waals surface area contributed by atoms with Gasteiger partial charge in [0.25, 0.3) is 0 Å². The zero-order chi connectivity index (χ0) is 23.3. The molecule has 0 radical (unpaired) electrons. The summed E-state index contributed by atoms with van der Waals surface area (Å²) in [7, 11) is 1.72. The van der Waals surface area contributed by atoms with E-state index in [-0.39, 0.29) is 23.3 Å². The molecule has 2 aromatic carbocycles. The normalized spacial score (nSPS) is 16.1. The topological polar surface area (TPSA) is 74.1 Å². The molecule has 6 heteroatoms. The smallest absolute Gasteiger partial charge is 0.128 e. The van der Waals surface area contributed by atoms with Gasteiger partial charge in [0.15, 0.2) is 0 Å². The highest BCUT2D eigenvalue weighted by Gasteiger charge is 2.26. The number of hydrogen-bond donors (Lipinski definition) is 3. The number of phenolic OH excluding ortho intramolecular Hbond substituents is 2. The molecule has 1 heterocycles. The number of hydrazone groups is 1. The van der Waals surface area contributed by atoms with Crippen molar-refractivity contribution in [1.82, 2.24) is 5.43 Å². The second kappa shape index (κ2) is 10.8. The molecule has 32 heavy (non-hydrogen) atoms. The first-order chi connectivity index (χ1) is 15.3. The molecule has 1 atom stereocenters. The maximum Gasteiger partial charge on any atom is 0.128 e. The first kappa shape index (κ1) is 24.1. The van der Waals surface area contributed by atoms with Crippen LogP contribution >= 0.6 is 12.2 Å². The largest absolute Gasteiger partial charge is 0.508 e. The first-order valence-electron chi connectivity index (χ1n) is 11.4. The van der Waals surface area contributed by atoms with Crippen molar-refractivity contribution in [3.63, 3.8) is 0 Å². The monoisotopic (exact) mass is 454 g/mol. The van der Waals surface area contributed by atoms with Gasteiger partial charge in [0.2, 0.25) is 0 Å². The molecule has 5 nitrogen and oxygen atoms in total. The molecular formula is C26H34N2O3S. The number of aromatic hydroxyl groups is 2. The van der Waals surface area contributed by atoms with Gasteiger partial charge in [0.05, 0.1) is 17.8 Å². The van der Waals surface area contributed by atoms with E-state index < -0.39 is 0 Å². The molecule has 0 aliphatic carbocycles. The van der Waals surface area contributed by atoms with Crippen LogP contribution in [-0.2, 0) is 12.8 Å². The third-order valence-electron chi connectivity index (χ3n) is 6.07. The van der Waals surface area contributed by atoms with E-state index in [9.17, 15) is 10.2 Å². The number of rotatable bonds is 9. The molecule has 0 spiro atoms. The maximum atomic E-state index is 10.5. The Morgan fingerprint density at radius 3 is 2.62 bits per heavy atom. The quantitative estimate of drug-likeness (QED) is 0.328. The molecule has 1 aliphatic rings. The Morgan fingerprint density at radius 2 is 1.94 bits per heavy atom. The highest BCUT2D eigenvalue weighted by atomic mass is 32.1. The third kappa shape index (κ3) is 5.60. The Labute approximate surface area is 196 Å². The van der Waals surface area contributed by atoms with E-state index in [1.807, 2.05) is 26.0 Å². The average Bonchev–Trinajstić information content (AvgIpc) is 2.76. The van der Waals surface area contributed by atoms with Gasteiger partial charge in [-0.2, -0.15) is 5.10 Å². The Morgan fingerprint density at radius 1 is 1.16 bits per heavy atom. The minimum Gasteiger partial charge on any atom is -0.508 e. The van der Waals surface area contributed by atoms with Crippen molar-refractivity contribution < 1.29 is 14.9 Å².